The van der Waals surface area contributed by atoms with E-state index in [2.05, 4.69) is 67.0 Å². The van der Waals surface area contributed by atoms with E-state index in [1.54, 1.807) is 0 Å². The number of hydrogen-bond donors (Lipinski definition) is 0. The third-order valence-electron chi connectivity index (χ3n) is 2.72. The van der Waals surface area contributed by atoms with Crippen LogP contribution in [0.1, 0.15) is 0 Å². The number of rotatable bonds is 3. The van der Waals surface area contributed by atoms with Crippen molar-refractivity contribution in [3.05, 3.63) is 71.7 Å². The zero-order valence-electron chi connectivity index (χ0n) is 10.0. The molecule has 0 N–H and O–H groups in total. The van der Waals surface area contributed by atoms with Crippen molar-refractivity contribution in [3.63, 3.8) is 0 Å². The van der Waals surface area contributed by atoms with E-state index < -0.39 is 0 Å². The summed E-state index contributed by atoms with van der Waals surface area (Å²) in [7, 11) is 0. The first-order valence-electron chi connectivity index (χ1n) is 5.85. The Kier molecular flexibility index (Phi) is 3.83. The second-order valence-electron chi connectivity index (χ2n) is 3.99. The number of aromatic nitrogens is 2. The van der Waals surface area contributed by atoms with Crippen molar-refractivity contribution in [1.82, 2.24) is 8.57 Å². The van der Waals surface area contributed by atoms with Gasteiger partial charge in [0.25, 0.3) is 0 Å². The molecule has 0 radical (unpaired) electrons. The molecule has 0 aliphatic rings. The normalized spacial score (nSPS) is 10.6. The van der Waals surface area contributed by atoms with Crippen LogP contribution in [0.25, 0.3) is 11.1 Å². The van der Waals surface area contributed by atoms with Crippen LogP contribution in [0, 0.1) is 0 Å². The second-order valence-corrected chi connectivity index (χ2v) is 7.04. The monoisotopic (exact) mass is 378 g/mol. The number of imidazole rings is 1. The number of nitrogens with zero attached hydrogens (tertiary/aromatic N) is 2. The van der Waals surface area contributed by atoms with Crippen LogP contribution in [0.3, 0.4) is 0 Å². The molecule has 3 aromatic rings. The quantitative estimate of drug-likeness (QED) is 0.641. The van der Waals surface area contributed by atoms with E-state index in [9.17, 15) is 0 Å². The summed E-state index contributed by atoms with van der Waals surface area (Å²) in [5.41, 5.74) is 2.52. The summed E-state index contributed by atoms with van der Waals surface area (Å²) in [6.07, 6.45) is 5.70. The average molecular weight is 378 g/mol. The Morgan fingerprint density at radius 2 is 1.84 bits per heavy atom. The number of hydrogen-bond acceptors (Lipinski definition) is 1. The summed E-state index contributed by atoms with van der Waals surface area (Å²) in [6, 6.07) is 16.8. The molecule has 0 saturated carbocycles. The zero-order valence-corrected chi connectivity index (χ0v) is 13.3. The molecule has 0 fully saturated rings. The predicted molar refractivity (Wildman–Crippen MR) is 82.6 cm³/mol. The molecule has 4 heteroatoms. The molecule has 0 aliphatic carbocycles. The molecule has 2 nitrogen and oxygen atoms in total. The van der Waals surface area contributed by atoms with E-state index in [0.717, 1.165) is 4.47 Å². The molecule has 19 heavy (non-hydrogen) atoms. The standard InChI is InChI=1S/C15H11BrN2Se/c16-13-7-4-8-14(19-18-10-9-17-11-18)15(13)12-5-2-1-3-6-12/h1-11H. The van der Waals surface area contributed by atoms with Gasteiger partial charge >= 0.3 is 127 Å². The molecule has 0 saturated heterocycles. The Hall–Kier alpha value is -1.35. The van der Waals surface area contributed by atoms with Gasteiger partial charge in [-0.15, -0.1) is 0 Å². The average Bonchev–Trinajstić information content (AvgIpc) is 2.93. The fourth-order valence-corrected chi connectivity index (χ4v) is 4.66. The molecule has 0 atom stereocenters. The molecule has 0 bridgehead atoms. The number of halogens is 1. The zero-order chi connectivity index (χ0) is 13.1. The first kappa shape index (κ1) is 12.7. The van der Waals surface area contributed by atoms with Gasteiger partial charge in [0.1, 0.15) is 0 Å². The molecule has 0 aliphatic heterocycles. The SMILES string of the molecule is Brc1cccc([Se]n2ccnc2)c1-c1ccccc1. The summed E-state index contributed by atoms with van der Waals surface area (Å²) in [6.45, 7) is 0. The van der Waals surface area contributed by atoms with Crippen LogP contribution in [0.5, 0.6) is 0 Å². The first-order chi connectivity index (χ1) is 9.34. The minimum absolute atomic E-state index is 0.200. The van der Waals surface area contributed by atoms with Crippen LogP contribution in [-0.4, -0.2) is 23.7 Å². The van der Waals surface area contributed by atoms with Crippen molar-refractivity contribution >= 4 is 35.6 Å². The second kappa shape index (κ2) is 5.74. The van der Waals surface area contributed by atoms with Gasteiger partial charge in [-0.05, 0) is 0 Å². The van der Waals surface area contributed by atoms with Crippen LogP contribution in [0.15, 0.2) is 71.7 Å². The Morgan fingerprint density at radius 1 is 1.00 bits per heavy atom. The Balaban J connectivity index is 2.08. The van der Waals surface area contributed by atoms with Crippen molar-refractivity contribution in [3.8, 4) is 11.1 Å². The fourth-order valence-electron chi connectivity index (χ4n) is 1.88. The van der Waals surface area contributed by atoms with E-state index in [-0.39, 0.29) is 15.2 Å². The van der Waals surface area contributed by atoms with Gasteiger partial charge in [0.15, 0.2) is 0 Å². The molecule has 3 rings (SSSR count). The summed E-state index contributed by atoms with van der Waals surface area (Å²) in [5.74, 6) is 0. The van der Waals surface area contributed by atoms with Crippen LogP contribution in [0.4, 0.5) is 0 Å². The van der Waals surface area contributed by atoms with Crippen molar-refractivity contribution in [2.45, 2.75) is 0 Å². The van der Waals surface area contributed by atoms with Crippen LogP contribution in [-0.2, 0) is 0 Å². The van der Waals surface area contributed by atoms with E-state index >= 15 is 0 Å². The van der Waals surface area contributed by atoms with Gasteiger partial charge in [-0.2, -0.15) is 0 Å². The third-order valence-corrected chi connectivity index (χ3v) is 5.40. The summed E-state index contributed by atoms with van der Waals surface area (Å²) >= 11 is 3.87. The molecule has 2 aromatic carbocycles. The van der Waals surface area contributed by atoms with Crippen molar-refractivity contribution in [2.75, 3.05) is 0 Å². The maximum atomic E-state index is 4.11. The molecule has 1 aromatic heterocycles. The van der Waals surface area contributed by atoms with Gasteiger partial charge in [0.2, 0.25) is 0 Å². The van der Waals surface area contributed by atoms with Crippen molar-refractivity contribution in [1.29, 1.82) is 0 Å². The van der Waals surface area contributed by atoms with E-state index in [1.807, 2.05) is 24.8 Å². The molecule has 1 heterocycles. The summed E-state index contributed by atoms with van der Waals surface area (Å²) < 4.78 is 4.62. The summed E-state index contributed by atoms with van der Waals surface area (Å²) in [4.78, 5) is 4.11. The Labute approximate surface area is 127 Å². The molecule has 0 amide bonds. The van der Waals surface area contributed by atoms with Gasteiger partial charge < -0.3 is 0 Å². The molecule has 94 valence electrons. The van der Waals surface area contributed by atoms with Crippen LogP contribution in [0.2, 0.25) is 0 Å². The van der Waals surface area contributed by atoms with Gasteiger partial charge in [0.05, 0.1) is 0 Å². The van der Waals surface area contributed by atoms with E-state index in [0.29, 0.717) is 0 Å². The molecular weight excluding hydrogens is 367 g/mol. The maximum absolute atomic E-state index is 4.11. The van der Waals surface area contributed by atoms with Gasteiger partial charge in [-0.25, -0.2) is 0 Å². The van der Waals surface area contributed by atoms with Crippen molar-refractivity contribution < 1.29 is 0 Å². The molecule has 0 spiro atoms. The number of benzene rings is 2. The van der Waals surface area contributed by atoms with Gasteiger partial charge in [-0.1, -0.05) is 0 Å². The molecular formula is C15H11BrN2Se. The fraction of sp³-hybridized carbons (Fsp3) is 0. The van der Waals surface area contributed by atoms with E-state index in [4.69, 9.17) is 0 Å². The molecule has 0 unspecified atom stereocenters. The van der Waals surface area contributed by atoms with Gasteiger partial charge in [-0.3, -0.25) is 0 Å². The van der Waals surface area contributed by atoms with Crippen LogP contribution >= 0.6 is 15.9 Å². The topological polar surface area (TPSA) is 17.8 Å². The first-order valence-corrected chi connectivity index (χ1v) is 8.26. The van der Waals surface area contributed by atoms with Crippen LogP contribution < -0.4 is 4.46 Å². The third kappa shape index (κ3) is 2.81. The summed E-state index contributed by atoms with van der Waals surface area (Å²) in [5, 5.41) is 0. The van der Waals surface area contributed by atoms with E-state index in [1.165, 1.54) is 15.6 Å². The minimum atomic E-state index is 0.200. The Morgan fingerprint density at radius 3 is 2.58 bits per heavy atom. The van der Waals surface area contributed by atoms with Crippen molar-refractivity contribution in [2.24, 2.45) is 0 Å². The predicted octanol–water partition coefficient (Wildman–Crippen LogP) is 3.11. The Bertz CT molecular complexity index is 666. The van der Waals surface area contributed by atoms with Gasteiger partial charge in [0, 0.05) is 0 Å².